The maximum Gasteiger partial charge on any atom is 0.163 e. The number of carbonyl (C=O) groups is 1. The lowest BCUT2D eigenvalue weighted by Gasteiger charge is -2.02. The summed E-state index contributed by atoms with van der Waals surface area (Å²) in [7, 11) is 0. The zero-order valence-corrected chi connectivity index (χ0v) is 5.18. The summed E-state index contributed by atoms with van der Waals surface area (Å²) in [5.41, 5.74) is 0. The molecule has 0 aromatic rings. The van der Waals surface area contributed by atoms with Gasteiger partial charge in [-0.05, 0) is 6.92 Å². The summed E-state index contributed by atoms with van der Waals surface area (Å²) in [6, 6.07) is 0. The molecule has 8 heavy (non-hydrogen) atoms. The number of ketones is 1. The quantitative estimate of drug-likeness (QED) is 0.461. The molecule has 0 bridgehead atoms. The van der Waals surface area contributed by atoms with Gasteiger partial charge < -0.3 is 4.74 Å². The maximum atomic E-state index is 10.7. The normalized spacial score (nSPS) is 38.5. The van der Waals surface area contributed by atoms with Crippen molar-refractivity contribution in [1.82, 2.24) is 0 Å². The highest BCUT2D eigenvalue weighted by Crippen LogP contribution is 2.15. The van der Waals surface area contributed by atoms with Gasteiger partial charge in [0, 0.05) is 5.92 Å². The average Bonchev–Trinajstić information content (AvgIpc) is 1.98. The first-order chi connectivity index (χ1) is 3.72. The van der Waals surface area contributed by atoms with Crippen molar-refractivity contribution in [1.29, 1.82) is 0 Å². The molecule has 1 fully saturated rings. The van der Waals surface area contributed by atoms with Crippen LogP contribution in [0, 0.1) is 5.92 Å². The second-order valence-corrected chi connectivity index (χ2v) is 2.27. The lowest BCUT2D eigenvalue weighted by molar-refractivity contribution is -0.120. The molecule has 46 valence electrons. The Labute approximate surface area is 48.8 Å². The van der Waals surface area contributed by atoms with Crippen LogP contribution in [0.4, 0.5) is 0 Å². The van der Waals surface area contributed by atoms with Crippen molar-refractivity contribution in [3.8, 4) is 0 Å². The Morgan fingerprint density at radius 1 is 1.62 bits per heavy atom. The van der Waals surface area contributed by atoms with Crippen LogP contribution >= 0.6 is 0 Å². The molecule has 0 saturated carbocycles. The van der Waals surface area contributed by atoms with E-state index in [2.05, 4.69) is 0 Å². The molecule has 1 aliphatic heterocycles. The first-order valence-electron chi connectivity index (χ1n) is 2.86. The second kappa shape index (κ2) is 1.86. The largest absolute Gasteiger partial charge is 0.370 e. The van der Waals surface area contributed by atoms with Crippen molar-refractivity contribution in [3.63, 3.8) is 0 Å². The summed E-state index contributed by atoms with van der Waals surface area (Å²) in [6.07, 6.45) is 0.141. The highest BCUT2D eigenvalue weighted by molar-refractivity contribution is 5.83. The molecule has 0 aromatic carbocycles. The Morgan fingerprint density at radius 3 is 2.38 bits per heavy atom. The Bertz CT molecular complexity index is 109. The van der Waals surface area contributed by atoms with E-state index in [1.54, 1.807) is 0 Å². The van der Waals surface area contributed by atoms with Crippen LogP contribution in [-0.4, -0.2) is 18.5 Å². The van der Waals surface area contributed by atoms with Gasteiger partial charge in [0.15, 0.2) is 5.78 Å². The molecule has 0 spiro atoms. The summed E-state index contributed by atoms with van der Waals surface area (Å²) in [6.45, 7) is 4.15. The summed E-state index contributed by atoms with van der Waals surface area (Å²) < 4.78 is 5.03. The van der Waals surface area contributed by atoms with Crippen LogP contribution in [0.15, 0.2) is 0 Å². The lowest BCUT2D eigenvalue weighted by Crippen LogP contribution is -2.12. The Kier molecular flexibility index (Phi) is 1.34. The predicted molar refractivity (Wildman–Crippen MR) is 29.6 cm³/mol. The number of hydrogen-bond donors (Lipinski definition) is 0. The molecule has 2 heteroatoms. The molecule has 2 atom stereocenters. The summed E-state index contributed by atoms with van der Waals surface area (Å²) in [4.78, 5) is 10.7. The van der Waals surface area contributed by atoms with Gasteiger partial charge in [-0.15, -0.1) is 0 Å². The zero-order valence-electron chi connectivity index (χ0n) is 5.18. The number of rotatable bonds is 0. The van der Waals surface area contributed by atoms with Crippen molar-refractivity contribution in [2.45, 2.75) is 20.0 Å². The third-order valence-corrected chi connectivity index (χ3v) is 1.70. The minimum atomic E-state index is 0.120. The van der Waals surface area contributed by atoms with Gasteiger partial charge in [-0.3, -0.25) is 4.79 Å². The Balaban J connectivity index is 2.56. The molecule has 1 saturated heterocycles. The topological polar surface area (TPSA) is 26.3 Å². The van der Waals surface area contributed by atoms with Crippen LogP contribution in [-0.2, 0) is 9.53 Å². The SMILES string of the molecule is C[C@@H]1OCC(=O)[C@H]1C. The molecule has 1 rings (SSSR count). The molecule has 0 aliphatic carbocycles. The fraction of sp³-hybridized carbons (Fsp3) is 0.833. The molecule has 2 nitrogen and oxygen atoms in total. The minimum absolute atomic E-state index is 0.120. The van der Waals surface area contributed by atoms with Gasteiger partial charge in [0.2, 0.25) is 0 Å². The van der Waals surface area contributed by atoms with Gasteiger partial charge in [0.25, 0.3) is 0 Å². The van der Waals surface area contributed by atoms with Gasteiger partial charge in [-0.2, -0.15) is 0 Å². The number of ether oxygens (including phenoxy) is 1. The van der Waals surface area contributed by atoms with Crippen molar-refractivity contribution in [2.75, 3.05) is 6.61 Å². The zero-order chi connectivity index (χ0) is 6.15. The van der Waals surface area contributed by atoms with Crippen LogP contribution in [0.2, 0.25) is 0 Å². The predicted octanol–water partition coefficient (Wildman–Crippen LogP) is 0.610. The number of Topliss-reactive ketones (excluding diaryl/α,β-unsaturated/α-hetero) is 1. The third-order valence-electron chi connectivity index (χ3n) is 1.70. The van der Waals surface area contributed by atoms with Crippen LogP contribution in [0.3, 0.4) is 0 Å². The number of carbonyl (C=O) groups excluding carboxylic acids is 1. The minimum Gasteiger partial charge on any atom is -0.370 e. The highest BCUT2D eigenvalue weighted by atomic mass is 16.5. The molecular formula is C6H10O2. The van der Waals surface area contributed by atoms with Gasteiger partial charge in [-0.25, -0.2) is 0 Å². The fourth-order valence-corrected chi connectivity index (χ4v) is 0.751. The van der Waals surface area contributed by atoms with E-state index in [0.29, 0.717) is 6.61 Å². The van der Waals surface area contributed by atoms with Gasteiger partial charge in [-0.1, -0.05) is 6.92 Å². The molecule has 1 heterocycles. The first kappa shape index (κ1) is 5.76. The number of hydrogen-bond acceptors (Lipinski definition) is 2. The molecule has 0 N–H and O–H groups in total. The summed E-state index contributed by atoms with van der Waals surface area (Å²) >= 11 is 0. The monoisotopic (exact) mass is 114 g/mol. The maximum absolute atomic E-state index is 10.7. The van der Waals surface area contributed by atoms with E-state index < -0.39 is 0 Å². The van der Waals surface area contributed by atoms with E-state index in [1.807, 2.05) is 13.8 Å². The van der Waals surface area contributed by atoms with E-state index in [4.69, 9.17) is 4.74 Å². The summed E-state index contributed by atoms with van der Waals surface area (Å²) in [5.74, 6) is 0.354. The highest BCUT2D eigenvalue weighted by Gasteiger charge is 2.27. The smallest absolute Gasteiger partial charge is 0.163 e. The Hall–Kier alpha value is -0.370. The second-order valence-electron chi connectivity index (χ2n) is 2.27. The van der Waals surface area contributed by atoms with E-state index in [9.17, 15) is 4.79 Å². The van der Waals surface area contributed by atoms with E-state index in [1.165, 1.54) is 0 Å². The third kappa shape index (κ3) is 0.757. The standard InChI is InChI=1S/C6H10O2/c1-4-5(2)8-3-6(4)7/h4-5H,3H2,1-2H3/t4-,5-/m0/s1. The van der Waals surface area contributed by atoms with Crippen LogP contribution in [0.1, 0.15) is 13.8 Å². The van der Waals surface area contributed by atoms with Crippen molar-refractivity contribution in [2.24, 2.45) is 5.92 Å². The molecule has 0 aromatic heterocycles. The molecule has 0 unspecified atom stereocenters. The van der Waals surface area contributed by atoms with Crippen molar-refractivity contribution < 1.29 is 9.53 Å². The van der Waals surface area contributed by atoms with E-state index in [-0.39, 0.29) is 17.8 Å². The Morgan fingerprint density at radius 2 is 2.25 bits per heavy atom. The van der Waals surface area contributed by atoms with Gasteiger partial charge >= 0.3 is 0 Å². The lowest BCUT2D eigenvalue weighted by atomic mass is 10.1. The van der Waals surface area contributed by atoms with Crippen LogP contribution in [0.5, 0.6) is 0 Å². The van der Waals surface area contributed by atoms with Crippen LogP contribution < -0.4 is 0 Å². The molecule has 0 radical (unpaired) electrons. The fourth-order valence-electron chi connectivity index (χ4n) is 0.751. The van der Waals surface area contributed by atoms with Crippen molar-refractivity contribution >= 4 is 5.78 Å². The molecular weight excluding hydrogens is 104 g/mol. The van der Waals surface area contributed by atoms with Gasteiger partial charge in [0.05, 0.1) is 6.10 Å². The average molecular weight is 114 g/mol. The molecule has 0 amide bonds. The van der Waals surface area contributed by atoms with Crippen molar-refractivity contribution in [3.05, 3.63) is 0 Å². The summed E-state index contributed by atoms with van der Waals surface area (Å²) in [5, 5.41) is 0. The van der Waals surface area contributed by atoms with E-state index >= 15 is 0 Å². The van der Waals surface area contributed by atoms with Crippen LogP contribution in [0.25, 0.3) is 0 Å². The molecule has 1 aliphatic rings. The van der Waals surface area contributed by atoms with E-state index in [0.717, 1.165) is 0 Å². The van der Waals surface area contributed by atoms with Gasteiger partial charge in [0.1, 0.15) is 6.61 Å². The first-order valence-corrected chi connectivity index (χ1v) is 2.86.